The number of ketones is 1. The Balaban J connectivity index is 1.64. The lowest BCUT2D eigenvalue weighted by Crippen LogP contribution is -2.48. The molecule has 2 unspecified atom stereocenters. The summed E-state index contributed by atoms with van der Waals surface area (Å²) in [6.45, 7) is 0. The van der Waals surface area contributed by atoms with Crippen molar-refractivity contribution in [3.05, 3.63) is 95.1 Å². The number of hydrogen-bond acceptors (Lipinski definition) is 6. The molecule has 2 atom stereocenters. The van der Waals surface area contributed by atoms with E-state index >= 15 is 0 Å². The third kappa shape index (κ3) is 3.53. The molecule has 168 valence electrons. The number of ether oxygens (including phenoxy) is 1. The Morgan fingerprint density at radius 3 is 2.36 bits per heavy atom. The largest absolute Gasteiger partial charge is 0.497 e. The Morgan fingerprint density at radius 1 is 1.00 bits per heavy atom. The molecule has 0 N–H and O–H groups in total. The Hall–Kier alpha value is -3.45. The van der Waals surface area contributed by atoms with Crippen LogP contribution in [0.25, 0.3) is 0 Å². The van der Waals surface area contributed by atoms with Crippen LogP contribution in [0.4, 0.5) is 0 Å². The molecule has 0 aromatic heterocycles. The maximum absolute atomic E-state index is 13.8. The molecular weight excluding hydrogens is 438 g/mol. The highest BCUT2D eigenvalue weighted by molar-refractivity contribution is 7.90. The molecule has 3 aromatic rings. The normalized spacial score (nSPS) is 21.9. The summed E-state index contributed by atoms with van der Waals surface area (Å²) in [6.07, 6.45) is 2.34. The van der Waals surface area contributed by atoms with Crippen LogP contribution in [-0.4, -0.2) is 38.9 Å². The number of hydrogen-bond donors (Lipinski definition) is 0. The minimum Gasteiger partial charge on any atom is -0.497 e. The molecular formula is C26H23NO5S. The number of sulfone groups is 1. The van der Waals surface area contributed by atoms with Crippen molar-refractivity contribution in [2.45, 2.75) is 29.3 Å². The van der Waals surface area contributed by atoms with E-state index in [9.17, 15) is 13.2 Å². The van der Waals surface area contributed by atoms with E-state index in [-0.39, 0.29) is 10.7 Å². The summed E-state index contributed by atoms with van der Waals surface area (Å²) in [5.41, 5.74) is 2.70. The predicted molar refractivity (Wildman–Crippen MR) is 125 cm³/mol. The van der Waals surface area contributed by atoms with Crippen LogP contribution in [0.3, 0.4) is 0 Å². The summed E-state index contributed by atoms with van der Waals surface area (Å²) in [7, 11) is -1.74. The van der Waals surface area contributed by atoms with Crippen molar-refractivity contribution in [3.8, 4) is 5.75 Å². The predicted octanol–water partition coefficient (Wildman–Crippen LogP) is 4.18. The van der Waals surface area contributed by atoms with Crippen molar-refractivity contribution in [1.29, 1.82) is 0 Å². The maximum atomic E-state index is 13.8. The van der Waals surface area contributed by atoms with Gasteiger partial charge in [-0.3, -0.25) is 4.79 Å². The number of aryl methyl sites for hydroxylation is 1. The first-order valence-electron chi connectivity index (χ1n) is 10.7. The summed E-state index contributed by atoms with van der Waals surface area (Å²) in [6, 6.07) is 21.7. The van der Waals surface area contributed by atoms with Gasteiger partial charge in [0.25, 0.3) is 0 Å². The van der Waals surface area contributed by atoms with Crippen molar-refractivity contribution in [1.82, 2.24) is 0 Å². The minimum absolute atomic E-state index is 0.103. The van der Waals surface area contributed by atoms with Crippen LogP contribution in [0, 0.1) is 0 Å². The van der Waals surface area contributed by atoms with Crippen molar-refractivity contribution in [3.63, 3.8) is 0 Å². The molecule has 0 saturated heterocycles. The summed E-state index contributed by atoms with van der Waals surface area (Å²) in [4.78, 5) is 20.1. The number of Topliss-reactive ketones (excluding diaryl/α,β-unsaturated/α-hetero) is 1. The van der Waals surface area contributed by atoms with Gasteiger partial charge in [0.1, 0.15) is 5.75 Å². The van der Waals surface area contributed by atoms with Gasteiger partial charge in [0.2, 0.25) is 11.4 Å². The zero-order valence-electron chi connectivity index (χ0n) is 18.3. The molecule has 0 radical (unpaired) electrons. The second kappa shape index (κ2) is 7.85. The number of benzene rings is 3. The second-order valence-electron chi connectivity index (χ2n) is 8.45. The van der Waals surface area contributed by atoms with E-state index in [0.29, 0.717) is 29.9 Å². The SMILES string of the molecule is COc1ccc(C2=NOC3(CCc4ccccc4C3=O)C2c2ccc(S(C)(=O)=O)cc2)cc1. The standard InChI is InChI=1S/C26H23NO5S/c1-31-20-11-7-19(8-12-20)24-23(18-9-13-21(14-10-18)33(2,29)30)26(32-27-24)16-15-17-5-3-4-6-22(17)25(26)28/h3-14,23H,15-16H2,1-2H3. The highest BCUT2D eigenvalue weighted by Gasteiger charge is 2.57. The van der Waals surface area contributed by atoms with Gasteiger partial charge in [0.15, 0.2) is 9.84 Å². The van der Waals surface area contributed by atoms with Gasteiger partial charge in [-0.2, -0.15) is 0 Å². The first kappa shape index (κ1) is 21.4. The minimum atomic E-state index is -3.34. The lowest BCUT2D eigenvalue weighted by molar-refractivity contribution is -0.0196. The average molecular weight is 462 g/mol. The summed E-state index contributed by atoms with van der Waals surface area (Å²) >= 11 is 0. The number of methoxy groups -OCH3 is 1. The molecule has 6 nitrogen and oxygen atoms in total. The Kier molecular flexibility index (Phi) is 5.09. The third-order valence-corrected chi connectivity index (χ3v) is 7.61. The van der Waals surface area contributed by atoms with Crippen molar-refractivity contribution in [2.24, 2.45) is 5.16 Å². The van der Waals surface area contributed by atoms with E-state index in [4.69, 9.17) is 9.57 Å². The van der Waals surface area contributed by atoms with Crippen LogP contribution in [0.5, 0.6) is 5.75 Å². The lowest BCUT2D eigenvalue weighted by Gasteiger charge is -2.36. The van der Waals surface area contributed by atoms with Crippen LogP contribution >= 0.6 is 0 Å². The summed E-state index contributed by atoms with van der Waals surface area (Å²) < 4.78 is 29.2. The summed E-state index contributed by atoms with van der Waals surface area (Å²) in [5, 5.41) is 4.43. The Morgan fingerprint density at radius 2 is 1.70 bits per heavy atom. The maximum Gasteiger partial charge on any atom is 0.212 e. The van der Waals surface area contributed by atoms with Crippen molar-refractivity contribution < 1.29 is 22.8 Å². The van der Waals surface area contributed by atoms with E-state index in [0.717, 1.165) is 16.7 Å². The number of rotatable bonds is 4. The van der Waals surface area contributed by atoms with E-state index < -0.39 is 21.4 Å². The van der Waals surface area contributed by atoms with Crippen LogP contribution < -0.4 is 4.74 Å². The smallest absolute Gasteiger partial charge is 0.212 e. The van der Waals surface area contributed by atoms with Crippen molar-refractivity contribution >= 4 is 21.3 Å². The molecule has 1 aliphatic heterocycles. The molecule has 7 heteroatoms. The molecule has 0 fully saturated rings. The molecule has 33 heavy (non-hydrogen) atoms. The molecule has 0 saturated carbocycles. The fraction of sp³-hybridized carbons (Fsp3) is 0.231. The zero-order chi connectivity index (χ0) is 23.2. The quantitative estimate of drug-likeness (QED) is 0.582. The van der Waals surface area contributed by atoms with Crippen LogP contribution in [-0.2, 0) is 21.1 Å². The molecule has 1 heterocycles. The van der Waals surface area contributed by atoms with E-state index in [1.165, 1.54) is 6.26 Å². The first-order valence-corrected chi connectivity index (χ1v) is 12.6. The third-order valence-electron chi connectivity index (χ3n) is 6.49. The van der Waals surface area contributed by atoms with Gasteiger partial charge in [-0.1, -0.05) is 41.6 Å². The fourth-order valence-corrected chi connectivity index (χ4v) is 5.39. The van der Waals surface area contributed by atoms with Crippen LogP contribution in [0.2, 0.25) is 0 Å². The number of carbonyl (C=O) groups is 1. The molecule has 2 aliphatic rings. The number of fused-ring (bicyclic) bond motifs is 1. The number of carbonyl (C=O) groups excluding carboxylic acids is 1. The van der Waals surface area contributed by atoms with Gasteiger partial charge < -0.3 is 9.57 Å². The zero-order valence-corrected chi connectivity index (χ0v) is 19.1. The molecule has 3 aromatic carbocycles. The van der Waals surface area contributed by atoms with Crippen LogP contribution in [0.1, 0.15) is 39.4 Å². The number of oxime groups is 1. The van der Waals surface area contributed by atoms with Gasteiger partial charge in [-0.15, -0.1) is 0 Å². The first-order chi connectivity index (χ1) is 15.8. The topological polar surface area (TPSA) is 82.0 Å². The van der Waals surface area contributed by atoms with E-state index in [2.05, 4.69) is 5.16 Å². The van der Waals surface area contributed by atoms with Gasteiger partial charge in [0, 0.05) is 23.8 Å². The average Bonchev–Trinajstić information content (AvgIpc) is 3.21. The fourth-order valence-electron chi connectivity index (χ4n) is 4.76. The number of nitrogens with zero attached hydrogens (tertiary/aromatic N) is 1. The van der Waals surface area contributed by atoms with Gasteiger partial charge in [-0.05, 0) is 53.9 Å². The van der Waals surface area contributed by atoms with E-state index in [1.807, 2.05) is 48.5 Å². The molecule has 1 spiro atoms. The molecule has 0 bridgehead atoms. The highest BCUT2D eigenvalue weighted by Crippen LogP contribution is 2.47. The molecule has 1 aliphatic carbocycles. The second-order valence-corrected chi connectivity index (χ2v) is 10.5. The van der Waals surface area contributed by atoms with Crippen LogP contribution in [0.15, 0.2) is 82.8 Å². The van der Waals surface area contributed by atoms with Gasteiger partial charge in [0.05, 0.1) is 23.6 Å². The Bertz CT molecular complexity index is 1360. The Labute approximate surface area is 192 Å². The lowest BCUT2D eigenvalue weighted by atomic mass is 9.68. The van der Waals surface area contributed by atoms with Gasteiger partial charge >= 0.3 is 0 Å². The van der Waals surface area contributed by atoms with Crippen molar-refractivity contribution in [2.75, 3.05) is 13.4 Å². The highest BCUT2D eigenvalue weighted by atomic mass is 32.2. The summed E-state index contributed by atoms with van der Waals surface area (Å²) in [5.74, 6) is 0.124. The monoisotopic (exact) mass is 461 g/mol. The molecule has 0 amide bonds. The molecule has 5 rings (SSSR count). The van der Waals surface area contributed by atoms with E-state index in [1.54, 1.807) is 31.4 Å². The van der Waals surface area contributed by atoms with Gasteiger partial charge in [-0.25, -0.2) is 8.42 Å².